The van der Waals surface area contributed by atoms with Gasteiger partial charge in [0, 0.05) is 18.8 Å². The third kappa shape index (κ3) is 5.15. The number of hydrogen-bond donors (Lipinski definition) is 2. The topological polar surface area (TPSA) is 72.5 Å². The van der Waals surface area contributed by atoms with Gasteiger partial charge in [-0.05, 0) is 49.1 Å². The number of amides is 1. The van der Waals surface area contributed by atoms with Crippen molar-refractivity contribution in [3.8, 4) is 11.5 Å². The second-order valence-electron chi connectivity index (χ2n) is 7.07. The molecule has 2 aromatic rings. The molecule has 0 atom stereocenters. The minimum Gasteiger partial charge on any atom is -0.493 e. The lowest BCUT2D eigenvalue weighted by molar-refractivity contribution is 0.0928. The molecule has 0 spiro atoms. The van der Waals surface area contributed by atoms with Crippen LogP contribution in [0.3, 0.4) is 0 Å². The average Bonchev–Trinajstić information content (AvgIpc) is 2.74. The smallest absolute Gasteiger partial charge is 0.255 e. The number of ether oxygens (including phenoxy) is 2. The second-order valence-corrected chi connectivity index (χ2v) is 7.07. The van der Waals surface area contributed by atoms with Crippen molar-refractivity contribution >= 4 is 11.7 Å². The second kappa shape index (κ2) is 9.97. The van der Waals surface area contributed by atoms with Crippen LogP contribution in [0.4, 0.5) is 5.82 Å². The first-order chi connectivity index (χ1) is 13.7. The maximum atomic E-state index is 12.7. The van der Waals surface area contributed by atoms with Crippen molar-refractivity contribution in [3.05, 3.63) is 47.7 Å². The van der Waals surface area contributed by atoms with Crippen molar-refractivity contribution in [2.45, 2.75) is 44.6 Å². The summed E-state index contributed by atoms with van der Waals surface area (Å²) >= 11 is 0. The van der Waals surface area contributed by atoms with Gasteiger partial charge in [-0.15, -0.1) is 0 Å². The number of nitrogens with one attached hydrogen (secondary N) is 2. The molecule has 1 fully saturated rings. The van der Waals surface area contributed by atoms with E-state index in [4.69, 9.17) is 9.47 Å². The lowest BCUT2D eigenvalue weighted by atomic mass is 9.95. The van der Waals surface area contributed by atoms with E-state index in [1.807, 2.05) is 24.3 Å². The molecule has 6 nitrogen and oxygen atoms in total. The van der Waals surface area contributed by atoms with Crippen LogP contribution >= 0.6 is 0 Å². The first-order valence-electron chi connectivity index (χ1n) is 9.92. The number of carbonyl (C=O) groups excluding carboxylic acids is 1. The molecule has 0 radical (unpaired) electrons. The van der Waals surface area contributed by atoms with Crippen LogP contribution in [0.15, 0.2) is 36.5 Å². The van der Waals surface area contributed by atoms with Gasteiger partial charge in [-0.1, -0.05) is 25.3 Å². The van der Waals surface area contributed by atoms with Gasteiger partial charge in [0.15, 0.2) is 11.5 Å². The highest BCUT2D eigenvalue weighted by Gasteiger charge is 2.19. The van der Waals surface area contributed by atoms with E-state index >= 15 is 0 Å². The SMILES string of the molecule is COc1ccc(CCNc2ncccc2C(=O)NC2CCCCC2)cc1OC. The Labute approximate surface area is 166 Å². The van der Waals surface area contributed by atoms with Gasteiger partial charge in [0.2, 0.25) is 0 Å². The van der Waals surface area contributed by atoms with E-state index in [0.29, 0.717) is 29.4 Å². The van der Waals surface area contributed by atoms with Crippen LogP contribution in [-0.4, -0.2) is 37.7 Å². The van der Waals surface area contributed by atoms with E-state index in [9.17, 15) is 4.79 Å². The monoisotopic (exact) mass is 383 g/mol. The molecule has 1 aromatic heterocycles. The summed E-state index contributed by atoms with van der Waals surface area (Å²) in [5.74, 6) is 2.00. The molecule has 1 heterocycles. The molecule has 6 heteroatoms. The van der Waals surface area contributed by atoms with Gasteiger partial charge in [0.05, 0.1) is 19.8 Å². The van der Waals surface area contributed by atoms with Gasteiger partial charge < -0.3 is 20.1 Å². The van der Waals surface area contributed by atoms with Gasteiger partial charge >= 0.3 is 0 Å². The maximum Gasteiger partial charge on any atom is 0.255 e. The summed E-state index contributed by atoms with van der Waals surface area (Å²) in [4.78, 5) is 17.1. The Morgan fingerprint density at radius 1 is 1.11 bits per heavy atom. The van der Waals surface area contributed by atoms with Crippen molar-refractivity contribution in [3.63, 3.8) is 0 Å². The van der Waals surface area contributed by atoms with Crippen LogP contribution in [-0.2, 0) is 6.42 Å². The van der Waals surface area contributed by atoms with Crippen molar-refractivity contribution < 1.29 is 14.3 Å². The number of anilines is 1. The minimum absolute atomic E-state index is 0.0476. The Morgan fingerprint density at radius 2 is 1.89 bits per heavy atom. The number of methoxy groups -OCH3 is 2. The largest absolute Gasteiger partial charge is 0.493 e. The van der Waals surface area contributed by atoms with E-state index in [2.05, 4.69) is 15.6 Å². The Bertz CT molecular complexity index is 788. The van der Waals surface area contributed by atoms with Crippen molar-refractivity contribution in [2.75, 3.05) is 26.1 Å². The maximum absolute atomic E-state index is 12.7. The van der Waals surface area contributed by atoms with E-state index in [0.717, 1.165) is 24.8 Å². The molecule has 0 bridgehead atoms. The van der Waals surface area contributed by atoms with E-state index in [1.54, 1.807) is 26.5 Å². The fourth-order valence-corrected chi connectivity index (χ4v) is 3.60. The summed E-state index contributed by atoms with van der Waals surface area (Å²) in [6.45, 7) is 0.663. The summed E-state index contributed by atoms with van der Waals surface area (Å²) in [5.41, 5.74) is 1.72. The van der Waals surface area contributed by atoms with E-state index in [1.165, 1.54) is 19.3 Å². The Balaban J connectivity index is 1.59. The molecule has 0 saturated heterocycles. The summed E-state index contributed by atoms with van der Waals surface area (Å²) < 4.78 is 10.6. The van der Waals surface area contributed by atoms with Crippen LogP contribution in [0.25, 0.3) is 0 Å². The Kier molecular flexibility index (Phi) is 7.12. The van der Waals surface area contributed by atoms with Crippen LogP contribution in [0.5, 0.6) is 11.5 Å². The summed E-state index contributed by atoms with van der Waals surface area (Å²) in [7, 11) is 3.25. The average molecular weight is 383 g/mol. The van der Waals surface area contributed by atoms with Crippen molar-refractivity contribution in [1.29, 1.82) is 0 Å². The normalized spacial score (nSPS) is 14.4. The molecule has 150 valence electrons. The summed E-state index contributed by atoms with van der Waals surface area (Å²) in [6.07, 6.45) is 8.25. The number of pyridine rings is 1. The Morgan fingerprint density at radius 3 is 2.64 bits per heavy atom. The van der Waals surface area contributed by atoms with Gasteiger partial charge in [-0.3, -0.25) is 4.79 Å². The highest BCUT2D eigenvalue weighted by Crippen LogP contribution is 2.27. The van der Waals surface area contributed by atoms with Crippen molar-refractivity contribution in [2.24, 2.45) is 0 Å². The summed E-state index contributed by atoms with van der Waals surface area (Å²) in [5, 5.41) is 6.46. The third-order valence-corrected chi connectivity index (χ3v) is 5.15. The molecule has 2 N–H and O–H groups in total. The molecular formula is C22H29N3O3. The van der Waals surface area contributed by atoms with Gasteiger partial charge in [0.25, 0.3) is 5.91 Å². The van der Waals surface area contributed by atoms with Crippen molar-refractivity contribution in [1.82, 2.24) is 10.3 Å². The van der Waals surface area contributed by atoms with Gasteiger partial charge in [-0.25, -0.2) is 4.98 Å². The summed E-state index contributed by atoms with van der Waals surface area (Å²) in [6, 6.07) is 9.78. The van der Waals surface area contributed by atoms with Crippen LogP contribution in [0.2, 0.25) is 0 Å². The number of nitrogens with zero attached hydrogens (tertiary/aromatic N) is 1. The first kappa shape index (κ1) is 20.0. The first-order valence-corrected chi connectivity index (χ1v) is 9.92. The zero-order chi connectivity index (χ0) is 19.8. The lowest BCUT2D eigenvalue weighted by Crippen LogP contribution is -2.36. The van der Waals surface area contributed by atoms with Gasteiger partial charge in [-0.2, -0.15) is 0 Å². The molecule has 1 aromatic carbocycles. The number of hydrogen-bond acceptors (Lipinski definition) is 5. The number of benzene rings is 1. The lowest BCUT2D eigenvalue weighted by Gasteiger charge is -2.23. The minimum atomic E-state index is -0.0476. The molecule has 3 rings (SSSR count). The standard InChI is InChI=1S/C22H29N3O3/c1-27-19-11-10-16(15-20(19)28-2)12-14-24-21-18(9-6-13-23-21)22(26)25-17-7-4-3-5-8-17/h6,9-11,13,15,17H,3-5,7-8,12,14H2,1-2H3,(H,23,24)(H,25,26). The zero-order valence-electron chi connectivity index (χ0n) is 16.7. The fraction of sp³-hybridized carbons (Fsp3) is 0.455. The van der Waals surface area contributed by atoms with Gasteiger partial charge in [0.1, 0.15) is 5.82 Å². The van der Waals surface area contributed by atoms with Crippen LogP contribution < -0.4 is 20.1 Å². The molecular weight excluding hydrogens is 354 g/mol. The number of carbonyl (C=O) groups is 1. The fourth-order valence-electron chi connectivity index (χ4n) is 3.60. The molecule has 0 unspecified atom stereocenters. The third-order valence-electron chi connectivity index (χ3n) is 5.15. The molecule has 1 amide bonds. The highest BCUT2D eigenvalue weighted by molar-refractivity contribution is 5.98. The molecule has 28 heavy (non-hydrogen) atoms. The van der Waals surface area contributed by atoms with E-state index in [-0.39, 0.29) is 11.9 Å². The zero-order valence-corrected chi connectivity index (χ0v) is 16.7. The molecule has 1 saturated carbocycles. The Hall–Kier alpha value is -2.76. The van der Waals surface area contributed by atoms with E-state index < -0.39 is 0 Å². The number of rotatable bonds is 8. The number of aromatic nitrogens is 1. The quantitative estimate of drug-likeness (QED) is 0.725. The molecule has 1 aliphatic rings. The predicted molar refractivity (Wildman–Crippen MR) is 110 cm³/mol. The molecule has 1 aliphatic carbocycles. The highest BCUT2D eigenvalue weighted by atomic mass is 16.5. The van der Waals surface area contributed by atoms with Crippen LogP contribution in [0.1, 0.15) is 48.0 Å². The predicted octanol–water partition coefficient (Wildman–Crippen LogP) is 3.82. The molecule has 0 aliphatic heterocycles. The van der Waals surface area contributed by atoms with Crippen LogP contribution in [0, 0.1) is 0 Å².